The summed E-state index contributed by atoms with van der Waals surface area (Å²) in [6.07, 6.45) is 1.28. The zero-order valence-electron chi connectivity index (χ0n) is 23.7. The summed E-state index contributed by atoms with van der Waals surface area (Å²) >= 11 is 0. The fourth-order valence-corrected chi connectivity index (χ4v) is 4.50. The molecule has 1 atom stereocenters. The van der Waals surface area contributed by atoms with Crippen LogP contribution in [0.25, 0.3) is 0 Å². The molecule has 3 N–H and O–H groups in total. The topological polar surface area (TPSA) is 95.9 Å². The van der Waals surface area contributed by atoms with Crippen molar-refractivity contribution < 1.29 is 24.3 Å². The van der Waals surface area contributed by atoms with E-state index in [1.54, 1.807) is 19.1 Å². The second kappa shape index (κ2) is 17.3. The molecular formula is C31H42NO5P. The highest BCUT2D eigenvalue weighted by molar-refractivity contribution is 7.49. The number of benzene rings is 3. The van der Waals surface area contributed by atoms with Gasteiger partial charge in [0.15, 0.2) is 0 Å². The first-order valence-electron chi connectivity index (χ1n) is 12.9. The first-order chi connectivity index (χ1) is 18.1. The van der Waals surface area contributed by atoms with Gasteiger partial charge in [-0.1, -0.05) is 67.9 Å². The molecule has 0 fully saturated rings. The second-order valence-corrected chi connectivity index (χ2v) is 10.3. The van der Waals surface area contributed by atoms with Gasteiger partial charge in [-0.15, -0.1) is 0 Å². The predicted molar refractivity (Wildman–Crippen MR) is 157 cm³/mol. The molecule has 3 aromatic rings. The average molecular weight is 540 g/mol. The first kappa shape index (κ1) is 32.8. The Bertz CT molecular complexity index is 1140. The highest BCUT2D eigenvalue weighted by Gasteiger charge is 2.15. The van der Waals surface area contributed by atoms with E-state index in [-0.39, 0.29) is 24.5 Å². The Morgan fingerprint density at radius 2 is 1.53 bits per heavy atom. The molecule has 0 aliphatic heterocycles. The van der Waals surface area contributed by atoms with Gasteiger partial charge in [-0.3, -0.25) is 9.59 Å². The van der Waals surface area contributed by atoms with Crippen molar-refractivity contribution in [1.82, 2.24) is 5.32 Å². The normalized spacial score (nSPS) is 10.7. The Hall–Kier alpha value is -3.21. The van der Waals surface area contributed by atoms with E-state index in [1.807, 2.05) is 52.6 Å². The number of carbonyl (C=O) groups is 2. The summed E-state index contributed by atoms with van der Waals surface area (Å²) in [6.45, 7) is 13.7. The van der Waals surface area contributed by atoms with Gasteiger partial charge in [0, 0.05) is 14.3 Å². The molecule has 0 aliphatic rings. The van der Waals surface area contributed by atoms with Crippen molar-refractivity contribution in [3.8, 4) is 5.75 Å². The minimum absolute atomic E-state index is 0.121. The van der Waals surface area contributed by atoms with Crippen LogP contribution in [0.1, 0.15) is 64.5 Å². The van der Waals surface area contributed by atoms with Crippen LogP contribution in [0.2, 0.25) is 0 Å². The molecule has 0 aromatic heterocycles. The number of hydrogen-bond donors (Lipinski definition) is 3. The van der Waals surface area contributed by atoms with Gasteiger partial charge in [0.25, 0.3) is 5.91 Å². The lowest BCUT2D eigenvalue weighted by molar-refractivity contribution is -0.141. The molecule has 0 heterocycles. The molecule has 0 bridgehead atoms. The van der Waals surface area contributed by atoms with E-state index in [2.05, 4.69) is 36.5 Å². The van der Waals surface area contributed by atoms with Crippen LogP contribution in [0, 0.1) is 20.8 Å². The van der Waals surface area contributed by atoms with E-state index in [0.717, 1.165) is 27.8 Å². The third kappa shape index (κ3) is 11.5. The molecule has 0 spiro atoms. The highest BCUT2D eigenvalue weighted by Crippen LogP contribution is 2.32. The molecule has 7 heteroatoms. The van der Waals surface area contributed by atoms with Crippen molar-refractivity contribution in [2.24, 2.45) is 0 Å². The molecule has 1 unspecified atom stereocenters. The van der Waals surface area contributed by atoms with E-state index < -0.39 is 20.0 Å². The molecule has 3 rings (SSSR count). The number of amides is 1. The van der Waals surface area contributed by atoms with Crippen LogP contribution in [-0.2, 0) is 22.1 Å². The third-order valence-electron chi connectivity index (χ3n) is 5.49. The highest BCUT2D eigenvalue weighted by atomic mass is 31.1. The third-order valence-corrected chi connectivity index (χ3v) is 6.32. The lowest BCUT2D eigenvalue weighted by Gasteiger charge is -2.15. The van der Waals surface area contributed by atoms with Gasteiger partial charge in [-0.2, -0.15) is 0 Å². The fourth-order valence-electron chi connectivity index (χ4n) is 3.79. The Morgan fingerprint density at radius 3 is 2.03 bits per heavy atom. The number of carbonyl (C=O) groups excluding carboxylic acids is 2. The van der Waals surface area contributed by atoms with Gasteiger partial charge in [-0.05, 0) is 80.7 Å². The minimum Gasteiger partial charge on any atom is -0.507 e. The smallest absolute Gasteiger partial charge is 0.325 e. The maximum Gasteiger partial charge on any atom is 0.325 e. The molecule has 0 aliphatic carbocycles. The van der Waals surface area contributed by atoms with Crippen LogP contribution in [0.3, 0.4) is 0 Å². The standard InChI is InChI=1S/C22H28NO5P.C7H8.C2H6/c1-5-28-21(25)12-23-22(26)19-11-16(6-7-20(19)24)10-18-14(2)8-17(9-15(18)3)13-29(4)27;1-7-5-3-2-4-6-7;1-2/h6-9,11,24,27H,5,10,12-13H2,1-4H3,(H,23,26);2-6H,1H3;1-2H3. The Labute approximate surface area is 228 Å². The first-order valence-corrected chi connectivity index (χ1v) is 14.8. The van der Waals surface area contributed by atoms with Gasteiger partial charge in [0.2, 0.25) is 0 Å². The number of aromatic hydroxyl groups is 1. The molecule has 6 nitrogen and oxygen atoms in total. The number of phenolic OH excluding ortho intramolecular Hbond substituents is 1. The zero-order valence-corrected chi connectivity index (χ0v) is 24.6. The number of rotatable bonds is 8. The van der Waals surface area contributed by atoms with Crippen molar-refractivity contribution in [3.63, 3.8) is 0 Å². The van der Waals surface area contributed by atoms with Crippen LogP contribution >= 0.6 is 8.15 Å². The maximum atomic E-state index is 12.4. The lowest BCUT2D eigenvalue weighted by Crippen LogP contribution is -2.30. The summed E-state index contributed by atoms with van der Waals surface area (Å²) in [7, 11) is -0.991. The average Bonchev–Trinajstić information content (AvgIpc) is 2.87. The minimum atomic E-state index is -0.991. The molecule has 206 valence electrons. The quantitative estimate of drug-likeness (QED) is 0.226. The summed E-state index contributed by atoms with van der Waals surface area (Å²) < 4.78 is 4.79. The summed E-state index contributed by atoms with van der Waals surface area (Å²) in [6, 6.07) is 19.3. The molecule has 3 aromatic carbocycles. The van der Waals surface area contributed by atoms with Crippen molar-refractivity contribution in [2.75, 3.05) is 19.8 Å². The number of aryl methyl sites for hydroxylation is 3. The second-order valence-electron chi connectivity index (χ2n) is 8.69. The monoisotopic (exact) mass is 539 g/mol. The molecule has 0 saturated heterocycles. The predicted octanol–water partition coefficient (Wildman–Crippen LogP) is 6.43. The van der Waals surface area contributed by atoms with Crippen LogP contribution in [0.15, 0.2) is 60.7 Å². The van der Waals surface area contributed by atoms with Crippen LogP contribution in [0.4, 0.5) is 0 Å². The number of nitrogens with one attached hydrogen (secondary N) is 1. The molecule has 0 radical (unpaired) electrons. The fraction of sp³-hybridized carbons (Fsp3) is 0.355. The van der Waals surface area contributed by atoms with Crippen molar-refractivity contribution in [1.29, 1.82) is 0 Å². The molecular weight excluding hydrogens is 497 g/mol. The number of esters is 1. The molecule has 0 saturated carbocycles. The Kier molecular flexibility index (Phi) is 15.0. The molecule has 1 amide bonds. The van der Waals surface area contributed by atoms with Crippen LogP contribution in [-0.4, -0.2) is 41.7 Å². The van der Waals surface area contributed by atoms with Gasteiger partial charge < -0.3 is 20.1 Å². The van der Waals surface area contributed by atoms with Gasteiger partial charge >= 0.3 is 5.97 Å². The summed E-state index contributed by atoms with van der Waals surface area (Å²) in [5, 5.41) is 12.5. The number of phenols is 1. The Balaban J connectivity index is 0.000000682. The van der Waals surface area contributed by atoms with E-state index in [1.165, 1.54) is 11.6 Å². The van der Waals surface area contributed by atoms with Crippen LogP contribution in [0.5, 0.6) is 5.75 Å². The van der Waals surface area contributed by atoms with Crippen molar-refractivity contribution >= 4 is 20.0 Å². The summed E-state index contributed by atoms with van der Waals surface area (Å²) in [5.74, 6) is -1.19. The number of ether oxygens (including phenoxy) is 1. The maximum absolute atomic E-state index is 12.4. The van der Waals surface area contributed by atoms with Gasteiger partial charge in [-0.25, -0.2) is 0 Å². The van der Waals surface area contributed by atoms with Gasteiger partial charge in [0.05, 0.1) is 12.2 Å². The van der Waals surface area contributed by atoms with Crippen molar-refractivity contribution in [2.45, 2.75) is 54.1 Å². The lowest BCUT2D eigenvalue weighted by atomic mass is 9.93. The SMILES string of the molecule is CC.CCOC(=O)CNC(=O)c1cc(Cc2c(C)cc(CP(C)O)cc2C)ccc1O.Cc1ccccc1. The van der Waals surface area contributed by atoms with E-state index in [0.29, 0.717) is 12.6 Å². The molecule has 38 heavy (non-hydrogen) atoms. The van der Waals surface area contributed by atoms with Gasteiger partial charge in [0.1, 0.15) is 12.3 Å². The van der Waals surface area contributed by atoms with E-state index >= 15 is 0 Å². The summed E-state index contributed by atoms with van der Waals surface area (Å²) in [4.78, 5) is 33.5. The number of hydrogen-bond acceptors (Lipinski definition) is 5. The largest absolute Gasteiger partial charge is 0.507 e. The zero-order chi connectivity index (χ0) is 28.7. The van der Waals surface area contributed by atoms with Crippen molar-refractivity contribution in [3.05, 3.63) is 99.6 Å². The summed E-state index contributed by atoms with van der Waals surface area (Å²) in [5.41, 5.74) is 6.83. The van der Waals surface area contributed by atoms with E-state index in [4.69, 9.17) is 4.74 Å². The van der Waals surface area contributed by atoms with E-state index in [9.17, 15) is 19.6 Å². The van der Waals surface area contributed by atoms with Crippen LogP contribution < -0.4 is 5.32 Å². The Morgan fingerprint density at radius 1 is 0.921 bits per heavy atom.